The first kappa shape index (κ1) is 13.8. The van der Waals surface area contributed by atoms with E-state index in [-0.39, 0.29) is 0 Å². The summed E-state index contributed by atoms with van der Waals surface area (Å²) in [5.41, 5.74) is 9.13. The Bertz CT molecular complexity index is 455. The SMILES string of the molecule is NCC(c1ccc(C2CC2)cc1)N(CC1CC1)CC1CC1. The lowest BCUT2D eigenvalue weighted by Crippen LogP contribution is -2.36. The van der Waals surface area contributed by atoms with Crippen molar-refractivity contribution in [1.82, 2.24) is 4.90 Å². The molecule has 3 aliphatic rings. The minimum absolute atomic E-state index is 0.430. The molecular weight excluding hydrogens is 256 g/mol. The molecule has 0 aromatic heterocycles. The maximum absolute atomic E-state index is 6.17. The number of rotatable bonds is 8. The van der Waals surface area contributed by atoms with Gasteiger partial charge < -0.3 is 5.73 Å². The summed E-state index contributed by atoms with van der Waals surface area (Å²) in [6.07, 6.45) is 8.49. The van der Waals surface area contributed by atoms with Gasteiger partial charge in [-0.2, -0.15) is 0 Å². The lowest BCUT2D eigenvalue weighted by atomic mass is 10.0. The quantitative estimate of drug-likeness (QED) is 0.789. The highest BCUT2D eigenvalue weighted by molar-refractivity contribution is 5.30. The summed E-state index contributed by atoms with van der Waals surface area (Å²) in [5.74, 6) is 2.75. The molecule has 3 fully saturated rings. The van der Waals surface area contributed by atoms with E-state index in [9.17, 15) is 0 Å². The molecular formula is C19H28N2. The zero-order chi connectivity index (χ0) is 14.2. The third-order valence-electron chi connectivity index (χ3n) is 5.41. The van der Waals surface area contributed by atoms with Gasteiger partial charge in [-0.05, 0) is 67.4 Å². The number of hydrogen-bond donors (Lipinski definition) is 1. The molecule has 1 unspecified atom stereocenters. The predicted molar refractivity (Wildman–Crippen MR) is 87.2 cm³/mol. The first-order valence-corrected chi connectivity index (χ1v) is 8.87. The van der Waals surface area contributed by atoms with Gasteiger partial charge in [-0.1, -0.05) is 24.3 Å². The summed E-state index contributed by atoms with van der Waals surface area (Å²) >= 11 is 0. The standard InChI is InChI=1S/C19H28N2/c20-11-19(18-9-7-17(8-10-18)16-5-6-16)21(12-14-1-2-14)13-15-3-4-15/h7-10,14-16,19H,1-6,11-13,20H2. The molecule has 1 aromatic rings. The third kappa shape index (κ3) is 3.49. The molecule has 2 heteroatoms. The Morgan fingerprint density at radius 1 is 0.905 bits per heavy atom. The molecule has 0 bridgehead atoms. The third-order valence-corrected chi connectivity index (χ3v) is 5.41. The molecule has 0 amide bonds. The fourth-order valence-electron chi connectivity index (χ4n) is 3.50. The Balaban J connectivity index is 1.48. The van der Waals surface area contributed by atoms with Gasteiger partial charge in [0.2, 0.25) is 0 Å². The van der Waals surface area contributed by atoms with Gasteiger partial charge in [0.05, 0.1) is 0 Å². The summed E-state index contributed by atoms with van der Waals surface area (Å²) in [4.78, 5) is 2.70. The zero-order valence-corrected chi connectivity index (χ0v) is 13.0. The number of benzene rings is 1. The van der Waals surface area contributed by atoms with E-state index in [1.165, 1.54) is 62.7 Å². The van der Waals surface area contributed by atoms with E-state index < -0.39 is 0 Å². The van der Waals surface area contributed by atoms with Crippen molar-refractivity contribution < 1.29 is 0 Å². The Labute approximate surface area is 128 Å². The Hall–Kier alpha value is -0.860. The average molecular weight is 284 g/mol. The van der Waals surface area contributed by atoms with Gasteiger partial charge in [-0.15, -0.1) is 0 Å². The summed E-state index contributed by atoms with van der Waals surface area (Å²) < 4.78 is 0. The Kier molecular flexibility index (Phi) is 3.76. The largest absolute Gasteiger partial charge is 0.329 e. The van der Waals surface area contributed by atoms with Crippen molar-refractivity contribution in [3.63, 3.8) is 0 Å². The molecule has 0 aliphatic heterocycles. The topological polar surface area (TPSA) is 29.3 Å². The summed E-state index contributed by atoms with van der Waals surface area (Å²) in [5, 5.41) is 0. The molecule has 0 heterocycles. The molecule has 2 N–H and O–H groups in total. The normalized spacial score (nSPS) is 23.5. The number of nitrogens with zero attached hydrogens (tertiary/aromatic N) is 1. The second-order valence-corrected chi connectivity index (χ2v) is 7.53. The molecule has 2 nitrogen and oxygen atoms in total. The van der Waals surface area contributed by atoms with Crippen molar-refractivity contribution in [3.8, 4) is 0 Å². The minimum atomic E-state index is 0.430. The second-order valence-electron chi connectivity index (χ2n) is 7.53. The Morgan fingerprint density at radius 2 is 1.48 bits per heavy atom. The highest BCUT2D eigenvalue weighted by Crippen LogP contribution is 2.41. The van der Waals surface area contributed by atoms with Crippen molar-refractivity contribution >= 4 is 0 Å². The van der Waals surface area contributed by atoms with Crippen molar-refractivity contribution in [3.05, 3.63) is 35.4 Å². The maximum atomic E-state index is 6.17. The molecule has 0 spiro atoms. The molecule has 114 valence electrons. The van der Waals surface area contributed by atoms with Crippen molar-refractivity contribution in [2.45, 2.75) is 50.5 Å². The number of nitrogens with two attached hydrogens (primary N) is 1. The van der Waals surface area contributed by atoms with Crippen molar-refractivity contribution in [1.29, 1.82) is 0 Å². The van der Waals surface area contributed by atoms with Crippen LogP contribution in [-0.2, 0) is 0 Å². The van der Waals surface area contributed by atoms with Crippen molar-refractivity contribution in [2.75, 3.05) is 19.6 Å². The van der Waals surface area contributed by atoms with Crippen LogP contribution in [0.3, 0.4) is 0 Å². The second kappa shape index (κ2) is 5.73. The van der Waals surface area contributed by atoms with E-state index in [0.717, 1.165) is 24.3 Å². The molecule has 0 saturated heterocycles. The lowest BCUT2D eigenvalue weighted by Gasteiger charge is -2.31. The Morgan fingerprint density at radius 3 is 1.90 bits per heavy atom. The van der Waals surface area contributed by atoms with E-state index in [4.69, 9.17) is 5.73 Å². The van der Waals surface area contributed by atoms with E-state index in [0.29, 0.717) is 6.04 Å². The fraction of sp³-hybridized carbons (Fsp3) is 0.684. The highest BCUT2D eigenvalue weighted by atomic mass is 15.2. The monoisotopic (exact) mass is 284 g/mol. The van der Waals surface area contributed by atoms with Crippen LogP contribution in [-0.4, -0.2) is 24.5 Å². The van der Waals surface area contributed by atoms with Crippen LogP contribution in [0.15, 0.2) is 24.3 Å². The summed E-state index contributed by atoms with van der Waals surface area (Å²) in [6.45, 7) is 3.29. The first-order chi connectivity index (χ1) is 10.3. The van der Waals surface area contributed by atoms with E-state index in [1.807, 2.05) is 0 Å². The van der Waals surface area contributed by atoms with Crippen LogP contribution in [0.2, 0.25) is 0 Å². The lowest BCUT2D eigenvalue weighted by molar-refractivity contribution is 0.185. The van der Waals surface area contributed by atoms with Crippen molar-refractivity contribution in [2.24, 2.45) is 17.6 Å². The van der Waals surface area contributed by atoms with E-state index >= 15 is 0 Å². The molecule has 0 radical (unpaired) electrons. The molecule has 1 atom stereocenters. The van der Waals surface area contributed by atoms with Crippen LogP contribution in [0.1, 0.15) is 61.6 Å². The van der Waals surface area contributed by atoms with Gasteiger partial charge in [0.1, 0.15) is 0 Å². The first-order valence-electron chi connectivity index (χ1n) is 8.87. The van der Waals surface area contributed by atoms with Crippen LogP contribution in [0, 0.1) is 11.8 Å². The predicted octanol–water partition coefficient (Wildman–Crippen LogP) is 3.69. The van der Waals surface area contributed by atoms with Gasteiger partial charge in [0.15, 0.2) is 0 Å². The van der Waals surface area contributed by atoms with Crippen LogP contribution in [0.5, 0.6) is 0 Å². The smallest absolute Gasteiger partial charge is 0.0470 e. The van der Waals surface area contributed by atoms with Crippen LogP contribution >= 0.6 is 0 Å². The van der Waals surface area contributed by atoms with Crippen LogP contribution < -0.4 is 5.73 Å². The minimum Gasteiger partial charge on any atom is -0.329 e. The summed E-state index contributed by atoms with van der Waals surface area (Å²) in [7, 11) is 0. The van der Waals surface area contributed by atoms with Crippen LogP contribution in [0.4, 0.5) is 0 Å². The molecule has 1 aromatic carbocycles. The van der Waals surface area contributed by atoms with Gasteiger partial charge in [0.25, 0.3) is 0 Å². The average Bonchev–Trinajstić information content (AvgIpc) is 3.37. The van der Waals surface area contributed by atoms with Gasteiger partial charge in [-0.25, -0.2) is 0 Å². The van der Waals surface area contributed by atoms with Crippen LogP contribution in [0.25, 0.3) is 0 Å². The molecule has 21 heavy (non-hydrogen) atoms. The van der Waals surface area contributed by atoms with Gasteiger partial charge in [-0.3, -0.25) is 4.90 Å². The maximum Gasteiger partial charge on any atom is 0.0470 e. The number of hydrogen-bond acceptors (Lipinski definition) is 2. The van der Waals surface area contributed by atoms with E-state index in [2.05, 4.69) is 29.2 Å². The van der Waals surface area contributed by atoms with Gasteiger partial charge >= 0.3 is 0 Å². The highest BCUT2D eigenvalue weighted by Gasteiger charge is 2.33. The van der Waals surface area contributed by atoms with Gasteiger partial charge in [0, 0.05) is 25.7 Å². The molecule has 3 saturated carbocycles. The molecule has 3 aliphatic carbocycles. The van der Waals surface area contributed by atoms with E-state index in [1.54, 1.807) is 0 Å². The zero-order valence-electron chi connectivity index (χ0n) is 13.0. The summed E-state index contributed by atoms with van der Waals surface area (Å²) in [6, 6.07) is 9.82. The molecule has 4 rings (SSSR count). The fourth-order valence-corrected chi connectivity index (χ4v) is 3.50.